The van der Waals surface area contributed by atoms with E-state index >= 15 is 0 Å². The fraction of sp³-hybridized carbons (Fsp3) is 0.667. The second-order valence-corrected chi connectivity index (χ2v) is 5.02. The van der Waals surface area contributed by atoms with E-state index in [1.165, 1.54) is 56.1 Å². The Morgan fingerprint density at radius 3 is 2.59 bits per heavy atom. The second kappa shape index (κ2) is 6.56. The van der Waals surface area contributed by atoms with Gasteiger partial charge in [0, 0.05) is 0 Å². The van der Waals surface area contributed by atoms with Crippen LogP contribution >= 0.6 is 0 Å². The average molecular weight is 231 g/mol. The summed E-state index contributed by atoms with van der Waals surface area (Å²) in [6.45, 7) is 0. The minimum atomic E-state index is 0.960. The van der Waals surface area contributed by atoms with Crippen LogP contribution in [0.25, 0.3) is 0 Å². The minimum absolute atomic E-state index is 0.960. The smallest absolute Gasteiger partial charge is 0.211 e. The molecule has 2 heteroatoms. The monoisotopic (exact) mass is 231 g/mol. The van der Waals surface area contributed by atoms with Crippen LogP contribution < -0.4 is 0 Å². The molecule has 0 spiro atoms. The van der Waals surface area contributed by atoms with E-state index in [1.807, 2.05) is 0 Å². The summed E-state index contributed by atoms with van der Waals surface area (Å²) in [5, 5.41) is 0. The van der Waals surface area contributed by atoms with Crippen LogP contribution in [0.5, 0.6) is 0 Å². The number of hydrogen-bond donors (Lipinski definition) is 0. The SMILES string of the molecule is O=C=NC1=C(C2=CCCCCC2)CCCCC1. The number of rotatable bonds is 2. The van der Waals surface area contributed by atoms with Crippen LogP contribution in [0.2, 0.25) is 0 Å². The first-order valence-corrected chi connectivity index (χ1v) is 6.91. The normalized spacial score (nSPS) is 22.2. The predicted octanol–water partition coefficient (Wildman–Crippen LogP) is 4.43. The summed E-state index contributed by atoms with van der Waals surface area (Å²) in [5.41, 5.74) is 3.86. The maximum absolute atomic E-state index is 10.5. The molecule has 2 aliphatic carbocycles. The Morgan fingerprint density at radius 1 is 0.941 bits per heavy atom. The van der Waals surface area contributed by atoms with E-state index in [1.54, 1.807) is 6.08 Å². The Morgan fingerprint density at radius 2 is 1.71 bits per heavy atom. The van der Waals surface area contributed by atoms with Gasteiger partial charge < -0.3 is 0 Å². The van der Waals surface area contributed by atoms with Gasteiger partial charge in [-0.25, -0.2) is 4.79 Å². The highest BCUT2D eigenvalue weighted by molar-refractivity contribution is 5.43. The van der Waals surface area contributed by atoms with Gasteiger partial charge >= 0.3 is 0 Å². The second-order valence-electron chi connectivity index (χ2n) is 5.02. The van der Waals surface area contributed by atoms with Gasteiger partial charge in [0.1, 0.15) is 0 Å². The molecule has 92 valence electrons. The molecule has 0 radical (unpaired) electrons. The zero-order valence-electron chi connectivity index (χ0n) is 10.5. The first-order chi connectivity index (χ1) is 8.42. The maximum Gasteiger partial charge on any atom is 0.240 e. The standard InChI is InChI=1S/C15H21NO/c17-12-16-15-11-7-3-6-10-14(15)13-8-4-1-2-5-9-13/h8H,1-7,9-11H2. The number of hydrogen-bond acceptors (Lipinski definition) is 2. The van der Waals surface area contributed by atoms with E-state index in [-0.39, 0.29) is 0 Å². The number of aliphatic imine (C=N–C) groups is 1. The van der Waals surface area contributed by atoms with Crippen molar-refractivity contribution in [1.82, 2.24) is 0 Å². The fourth-order valence-electron chi connectivity index (χ4n) is 2.88. The van der Waals surface area contributed by atoms with Gasteiger partial charge in [0.25, 0.3) is 0 Å². The van der Waals surface area contributed by atoms with Crippen molar-refractivity contribution in [3.63, 3.8) is 0 Å². The Hall–Kier alpha value is -1.14. The van der Waals surface area contributed by atoms with E-state index in [0.717, 1.165) is 25.0 Å². The van der Waals surface area contributed by atoms with Crippen LogP contribution in [-0.4, -0.2) is 6.08 Å². The van der Waals surface area contributed by atoms with Gasteiger partial charge in [-0.2, -0.15) is 4.99 Å². The van der Waals surface area contributed by atoms with Gasteiger partial charge in [-0.1, -0.05) is 18.9 Å². The molecule has 0 aromatic rings. The molecule has 0 atom stereocenters. The summed E-state index contributed by atoms with van der Waals surface area (Å²) in [6.07, 6.45) is 16.1. The summed E-state index contributed by atoms with van der Waals surface area (Å²) in [4.78, 5) is 14.5. The molecule has 0 fully saturated rings. The van der Waals surface area contributed by atoms with E-state index < -0.39 is 0 Å². The quantitative estimate of drug-likeness (QED) is 0.510. The molecule has 0 bridgehead atoms. The number of allylic oxidation sites excluding steroid dienone is 4. The molecular formula is C15H21NO. The van der Waals surface area contributed by atoms with Crippen molar-refractivity contribution >= 4 is 6.08 Å². The number of nitrogens with zero attached hydrogens (tertiary/aromatic N) is 1. The van der Waals surface area contributed by atoms with Crippen molar-refractivity contribution in [1.29, 1.82) is 0 Å². The van der Waals surface area contributed by atoms with Gasteiger partial charge in [0.2, 0.25) is 6.08 Å². The first-order valence-electron chi connectivity index (χ1n) is 6.91. The highest BCUT2D eigenvalue weighted by Gasteiger charge is 2.15. The minimum Gasteiger partial charge on any atom is -0.211 e. The third-order valence-electron chi connectivity index (χ3n) is 3.80. The highest BCUT2D eigenvalue weighted by Crippen LogP contribution is 2.33. The molecule has 0 amide bonds. The molecule has 0 heterocycles. The lowest BCUT2D eigenvalue weighted by molar-refractivity contribution is 0.564. The molecule has 0 saturated carbocycles. The van der Waals surface area contributed by atoms with E-state index in [0.29, 0.717) is 0 Å². The van der Waals surface area contributed by atoms with Crippen molar-refractivity contribution in [3.8, 4) is 0 Å². The lowest BCUT2D eigenvalue weighted by atomic mass is 9.96. The van der Waals surface area contributed by atoms with Gasteiger partial charge in [-0.3, -0.25) is 0 Å². The summed E-state index contributed by atoms with van der Waals surface area (Å²) in [7, 11) is 0. The van der Waals surface area contributed by atoms with Crippen LogP contribution in [0.4, 0.5) is 0 Å². The third kappa shape index (κ3) is 3.41. The van der Waals surface area contributed by atoms with Crippen LogP contribution in [0.3, 0.4) is 0 Å². The molecule has 2 aliphatic rings. The summed E-state index contributed by atoms with van der Waals surface area (Å²) in [5.74, 6) is 0. The van der Waals surface area contributed by atoms with Crippen LogP contribution in [0.1, 0.15) is 64.2 Å². The fourth-order valence-corrected chi connectivity index (χ4v) is 2.88. The topological polar surface area (TPSA) is 29.4 Å². The van der Waals surface area contributed by atoms with Crippen molar-refractivity contribution in [2.24, 2.45) is 4.99 Å². The van der Waals surface area contributed by atoms with Crippen LogP contribution in [0, 0.1) is 0 Å². The molecule has 0 aromatic carbocycles. The summed E-state index contributed by atoms with van der Waals surface area (Å²) < 4.78 is 0. The summed E-state index contributed by atoms with van der Waals surface area (Å²) in [6, 6.07) is 0. The molecule has 0 saturated heterocycles. The van der Waals surface area contributed by atoms with E-state index in [4.69, 9.17) is 0 Å². The highest BCUT2D eigenvalue weighted by atomic mass is 16.1. The van der Waals surface area contributed by atoms with E-state index in [9.17, 15) is 4.79 Å². The molecule has 2 nitrogen and oxygen atoms in total. The van der Waals surface area contributed by atoms with Crippen molar-refractivity contribution in [3.05, 3.63) is 22.9 Å². The Bertz CT molecular complexity index is 372. The molecular weight excluding hydrogens is 210 g/mol. The van der Waals surface area contributed by atoms with Crippen molar-refractivity contribution < 1.29 is 4.79 Å². The zero-order chi connectivity index (χ0) is 11.9. The average Bonchev–Trinajstić information content (AvgIpc) is 2.71. The van der Waals surface area contributed by atoms with Crippen LogP contribution in [0.15, 0.2) is 27.9 Å². The molecule has 0 aliphatic heterocycles. The summed E-state index contributed by atoms with van der Waals surface area (Å²) >= 11 is 0. The Balaban J connectivity index is 2.28. The lowest BCUT2D eigenvalue weighted by Gasteiger charge is -2.11. The van der Waals surface area contributed by atoms with Gasteiger partial charge in [0.15, 0.2) is 0 Å². The van der Waals surface area contributed by atoms with Crippen molar-refractivity contribution in [2.45, 2.75) is 64.2 Å². The van der Waals surface area contributed by atoms with Gasteiger partial charge in [-0.15, -0.1) is 0 Å². The molecule has 0 unspecified atom stereocenters. The molecule has 0 N–H and O–H groups in total. The predicted molar refractivity (Wildman–Crippen MR) is 69.4 cm³/mol. The number of carbonyl (C=O) groups excluding carboxylic acids is 1. The van der Waals surface area contributed by atoms with Crippen LogP contribution in [-0.2, 0) is 4.79 Å². The van der Waals surface area contributed by atoms with E-state index in [2.05, 4.69) is 11.1 Å². The first kappa shape index (κ1) is 12.3. The van der Waals surface area contributed by atoms with Gasteiger partial charge in [0.05, 0.1) is 5.70 Å². The molecule has 17 heavy (non-hydrogen) atoms. The molecule has 0 aromatic heterocycles. The largest absolute Gasteiger partial charge is 0.240 e. The van der Waals surface area contributed by atoms with Crippen molar-refractivity contribution in [2.75, 3.05) is 0 Å². The Kier molecular flexibility index (Phi) is 4.75. The zero-order valence-corrected chi connectivity index (χ0v) is 10.5. The Labute approximate surface area is 104 Å². The molecule has 2 rings (SSSR count). The third-order valence-corrected chi connectivity index (χ3v) is 3.80. The van der Waals surface area contributed by atoms with Gasteiger partial charge in [-0.05, 0) is 62.5 Å². The maximum atomic E-state index is 10.5. The lowest BCUT2D eigenvalue weighted by Crippen LogP contribution is -1.94. The number of isocyanates is 1.